The van der Waals surface area contributed by atoms with Gasteiger partial charge in [-0.05, 0) is 34.1 Å². The molecule has 0 saturated heterocycles. The van der Waals surface area contributed by atoms with Gasteiger partial charge in [0.05, 0.1) is 5.92 Å². The number of hydrogen-bond acceptors (Lipinski definition) is 5. The minimum Gasteiger partial charge on any atom is -0.508 e. The highest BCUT2D eigenvalue weighted by Crippen LogP contribution is 2.41. The Bertz CT molecular complexity index is 643. The van der Waals surface area contributed by atoms with Crippen LogP contribution in [-0.4, -0.2) is 33.2 Å². The van der Waals surface area contributed by atoms with Crippen LogP contribution in [0.4, 0.5) is 0 Å². The van der Waals surface area contributed by atoms with Crippen LogP contribution in [0.3, 0.4) is 0 Å². The lowest BCUT2D eigenvalue weighted by Gasteiger charge is -2.27. The Kier molecular flexibility index (Phi) is 6.43. The largest absolute Gasteiger partial charge is 0.508 e. The standard InChI is InChI=1S/C19H26O5/c1-6-14(20)16-17(22)13(9-7-11(2)3)19(24,18(16)23)15(21)10-8-12(4)5/h7-8,13,23-24H,6,9-10H2,1-5H3. The second kappa shape index (κ2) is 7.71. The predicted molar refractivity (Wildman–Crippen MR) is 91.5 cm³/mol. The minimum absolute atomic E-state index is 0.0126. The average Bonchev–Trinajstić information content (AvgIpc) is 2.70. The zero-order valence-electron chi connectivity index (χ0n) is 15.0. The number of carbonyl (C=O) groups excluding carboxylic acids is 3. The lowest BCUT2D eigenvalue weighted by molar-refractivity contribution is -0.144. The molecule has 0 bridgehead atoms. The van der Waals surface area contributed by atoms with Gasteiger partial charge in [-0.3, -0.25) is 14.4 Å². The summed E-state index contributed by atoms with van der Waals surface area (Å²) in [6.07, 6.45) is 3.32. The van der Waals surface area contributed by atoms with Crippen LogP contribution in [0.5, 0.6) is 0 Å². The molecule has 5 nitrogen and oxygen atoms in total. The van der Waals surface area contributed by atoms with E-state index in [0.29, 0.717) is 0 Å². The first kappa shape index (κ1) is 20.0. The monoisotopic (exact) mass is 334 g/mol. The van der Waals surface area contributed by atoms with E-state index in [4.69, 9.17) is 0 Å². The van der Waals surface area contributed by atoms with Gasteiger partial charge in [0.25, 0.3) is 0 Å². The van der Waals surface area contributed by atoms with Crippen LogP contribution in [0.15, 0.2) is 34.6 Å². The van der Waals surface area contributed by atoms with Crippen molar-refractivity contribution >= 4 is 17.3 Å². The van der Waals surface area contributed by atoms with E-state index in [1.165, 1.54) is 0 Å². The molecule has 0 aromatic heterocycles. The Balaban J connectivity index is 3.40. The van der Waals surface area contributed by atoms with Gasteiger partial charge < -0.3 is 10.2 Å². The minimum atomic E-state index is -2.34. The number of ketones is 3. The maximum Gasteiger partial charge on any atom is 0.191 e. The first-order valence-electron chi connectivity index (χ1n) is 8.10. The van der Waals surface area contributed by atoms with E-state index in [0.717, 1.165) is 11.1 Å². The molecule has 1 rings (SSSR count). The van der Waals surface area contributed by atoms with E-state index in [-0.39, 0.29) is 19.3 Å². The third-order valence-corrected chi connectivity index (χ3v) is 4.15. The van der Waals surface area contributed by atoms with Gasteiger partial charge in [0.2, 0.25) is 0 Å². The fourth-order valence-electron chi connectivity index (χ4n) is 2.69. The van der Waals surface area contributed by atoms with E-state index in [2.05, 4.69) is 0 Å². The molecule has 0 spiro atoms. The van der Waals surface area contributed by atoms with Crippen molar-refractivity contribution in [3.8, 4) is 0 Å². The van der Waals surface area contributed by atoms with Gasteiger partial charge in [-0.25, -0.2) is 0 Å². The number of Topliss-reactive ketones (excluding diaryl/α,β-unsaturated/α-hetero) is 3. The van der Waals surface area contributed by atoms with Crippen molar-refractivity contribution in [2.45, 2.75) is 59.5 Å². The van der Waals surface area contributed by atoms with Gasteiger partial charge in [-0.1, -0.05) is 30.2 Å². The van der Waals surface area contributed by atoms with Gasteiger partial charge in [0.1, 0.15) is 11.3 Å². The zero-order valence-corrected chi connectivity index (χ0v) is 15.0. The van der Waals surface area contributed by atoms with Crippen LogP contribution in [0.25, 0.3) is 0 Å². The van der Waals surface area contributed by atoms with Crippen LogP contribution in [0.2, 0.25) is 0 Å². The smallest absolute Gasteiger partial charge is 0.191 e. The van der Waals surface area contributed by atoms with Gasteiger partial charge in [0.15, 0.2) is 23.0 Å². The first-order chi connectivity index (χ1) is 11.1. The van der Waals surface area contributed by atoms with E-state index >= 15 is 0 Å². The first-order valence-corrected chi connectivity index (χ1v) is 8.10. The summed E-state index contributed by atoms with van der Waals surface area (Å²) in [7, 11) is 0. The highest BCUT2D eigenvalue weighted by molar-refractivity contribution is 6.25. The second-order valence-corrected chi connectivity index (χ2v) is 6.61. The maximum absolute atomic E-state index is 12.6. The van der Waals surface area contributed by atoms with Crippen molar-refractivity contribution in [1.29, 1.82) is 0 Å². The molecule has 2 atom stereocenters. The van der Waals surface area contributed by atoms with Gasteiger partial charge in [-0.15, -0.1) is 0 Å². The van der Waals surface area contributed by atoms with Crippen molar-refractivity contribution in [2.75, 3.05) is 0 Å². The van der Waals surface area contributed by atoms with Gasteiger partial charge >= 0.3 is 0 Å². The molecule has 0 saturated carbocycles. The molecule has 132 valence electrons. The topological polar surface area (TPSA) is 91.7 Å². The fraction of sp³-hybridized carbons (Fsp3) is 0.526. The summed E-state index contributed by atoms with van der Waals surface area (Å²) in [5.74, 6) is -3.87. The van der Waals surface area contributed by atoms with E-state index in [1.54, 1.807) is 32.9 Å². The summed E-state index contributed by atoms with van der Waals surface area (Å²) in [4.78, 5) is 37.2. The molecule has 0 fully saturated rings. The van der Waals surface area contributed by atoms with E-state index < -0.39 is 40.2 Å². The molecule has 2 N–H and O–H groups in total. The van der Waals surface area contributed by atoms with Crippen LogP contribution in [0, 0.1) is 5.92 Å². The van der Waals surface area contributed by atoms with Gasteiger partial charge in [0, 0.05) is 12.8 Å². The Morgan fingerprint density at radius 2 is 1.67 bits per heavy atom. The number of rotatable bonds is 7. The summed E-state index contributed by atoms with van der Waals surface area (Å²) in [6, 6.07) is 0. The average molecular weight is 334 g/mol. The highest BCUT2D eigenvalue weighted by atomic mass is 16.3. The fourth-order valence-corrected chi connectivity index (χ4v) is 2.69. The van der Waals surface area contributed by atoms with Crippen molar-refractivity contribution in [1.82, 2.24) is 0 Å². The van der Waals surface area contributed by atoms with Crippen LogP contribution < -0.4 is 0 Å². The van der Waals surface area contributed by atoms with E-state index in [9.17, 15) is 24.6 Å². The van der Waals surface area contributed by atoms with E-state index in [1.807, 2.05) is 13.8 Å². The highest BCUT2D eigenvalue weighted by Gasteiger charge is 2.58. The number of aliphatic hydroxyl groups is 2. The SMILES string of the molecule is CCC(=O)C1=C(O)C(O)(C(=O)CC=C(C)C)C(CC=C(C)C)C1=O. The van der Waals surface area contributed by atoms with Gasteiger partial charge in [-0.2, -0.15) is 0 Å². The Hall–Kier alpha value is -2.01. The lowest BCUT2D eigenvalue weighted by Crippen LogP contribution is -2.46. The molecule has 0 aliphatic heterocycles. The van der Waals surface area contributed by atoms with Crippen LogP contribution >= 0.6 is 0 Å². The summed E-state index contributed by atoms with van der Waals surface area (Å²) in [5.41, 5.74) is -0.977. The van der Waals surface area contributed by atoms with Crippen LogP contribution in [0.1, 0.15) is 53.9 Å². The molecule has 0 amide bonds. The lowest BCUT2D eigenvalue weighted by atomic mass is 9.81. The number of aliphatic hydroxyl groups excluding tert-OH is 1. The quantitative estimate of drug-likeness (QED) is 0.551. The molecule has 1 aliphatic rings. The second-order valence-electron chi connectivity index (χ2n) is 6.61. The number of hydrogen-bond donors (Lipinski definition) is 2. The summed E-state index contributed by atoms with van der Waals surface area (Å²) in [5, 5.41) is 21.3. The normalized spacial score (nSPS) is 23.2. The summed E-state index contributed by atoms with van der Waals surface area (Å²) >= 11 is 0. The third-order valence-electron chi connectivity index (χ3n) is 4.15. The van der Waals surface area contributed by atoms with Crippen molar-refractivity contribution in [3.63, 3.8) is 0 Å². The van der Waals surface area contributed by atoms with Crippen LogP contribution in [-0.2, 0) is 14.4 Å². The Morgan fingerprint density at radius 3 is 2.12 bits per heavy atom. The molecule has 0 heterocycles. The Morgan fingerprint density at radius 1 is 1.12 bits per heavy atom. The van der Waals surface area contributed by atoms with Crippen molar-refractivity contribution < 1.29 is 24.6 Å². The van der Waals surface area contributed by atoms with Crippen molar-refractivity contribution in [2.24, 2.45) is 5.92 Å². The predicted octanol–water partition coefficient (Wildman–Crippen LogP) is 2.99. The number of allylic oxidation sites excluding steroid dienone is 5. The molecule has 24 heavy (non-hydrogen) atoms. The van der Waals surface area contributed by atoms with Crippen molar-refractivity contribution in [3.05, 3.63) is 34.6 Å². The molecule has 2 unspecified atom stereocenters. The molecule has 5 heteroatoms. The number of carbonyl (C=O) groups is 3. The summed E-state index contributed by atoms with van der Waals surface area (Å²) < 4.78 is 0. The molecular formula is C19H26O5. The maximum atomic E-state index is 12.6. The molecule has 0 radical (unpaired) electrons. The third kappa shape index (κ3) is 3.73. The summed E-state index contributed by atoms with van der Waals surface area (Å²) in [6.45, 7) is 8.83. The molecule has 1 aliphatic carbocycles. The molecule has 0 aromatic carbocycles. The zero-order chi connectivity index (χ0) is 18.7. The Labute approximate surface area is 142 Å². The molecular weight excluding hydrogens is 308 g/mol. The molecule has 0 aromatic rings.